The first-order valence-electron chi connectivity index (χ1n) is 8.24. The summed E-state index contributed by atoms with van der Waals surface area (Å²) < 4.78 is 0. The number of benzene rings is 1. The van der Waals surface area contributed by atoms with Crippen molar-refractivity contribution >= 4 is 10.9 Å². The molecule has 0 unspecified atom stereocenters. The predicted octanol–water partition coefficient (Wildman–Crippen LogP) is 3.57. The number of fused-ring (bicyclic) bond motifs is 1. The second-order valence-corrected chi connectivity index (χ2v) is 6.41. The standard InChI is InChI=1S/C18H27N3/c1-3-21(15-10-8-14(19)9-11-15)12-17-13(2)20-18-7-5-4-6-16(17)18/h4-7,14-15,20H,3,8-12,19H2,1-2H3. The fourth-order valence-corrected chi connectivity index (χ4v) is 3.71. The zero-order valence-corrected chi connectivity index (χ0v) is 13.2. The molecule has 1 heterocycles. The minimum Gasteiger partial charge on any atom is -0.358 e. The van der Waals surface area contributed by atoms with Gasteiger partial charge >= 0.3 is 0 Å². The molecule has 0 aliphatic heterocycles. The highest BCUT2D eigenvalue weighted by Crippen LogP contribution is 2.27. The molecule has 0 atom stereocenters. The van der Waals surface area contributed by atoms with Gasteiger partial charge in [-0.1, -0.05) is 25.1 Å². The summed E-state index contributed by atoms with van der Waals surface area (Å²) >= 11 is 0. The zero-order valence-electron chi connectivity index (χ0n) is 13.2. The van der Waals surface area contributed by atoms with Gasteiger partial charge in [-0.05, 0) is 50.8 Å². The normalized spacial score (nSPS) is 23.0. The lowest BCUT2D eigenvalue weighted by Crippen LogP contribution is -2.40. The first-order chi connectivity index (χ1) is 10.2. The molecule has 0 amide bonds. The molecule has 0 radical (unpaired) electrons. The fourth-order valence-electron chi connectivity index (χ4n) is 3.71. The van der Waals surface area contributed by atoms with Crippen molar-refractivity contribution in [2.24, 2.45) is 5.73 Å². The second-order valence-electron chi connectivity index (χ2n) is 6.41. The van der Waals surface area contributed by atoms with Crippen molar-refractivity contribution in [3.63, 3.8) is 0 Å². The van der Waals surface area contributed by atoms with Crippen LogP contribution in [-0.4, -0.2) is 28.5 Å². The molecule has 1 saturated carbocycles. The maximum Gasteiger partial charge on any atom is 0.0459 e. The molecule has 1 aliphatic carbocycles. The lowest BCUT2D eigenvalue weighted by atomic mass is 9.90. The van der Waals surface area contributed by atoms with E-state index in [1.54, 1.807) is 0 Å². The summed E-state index contributed by atoms with van der Waals surface area (Å²) in [6.07, 6.45) is 4.84. The number of nitrogens with one attached hydrogen (secondary N) is 1. The van der Waals surface area contributed by atoms with Gasteiger partial charge in [0.05, 0.1) is 0 Å². The number of aryl methyl sites for hydroxylation is 1. The third kappa shape index (κ3) is 2.99. The number of hydrogen-bond acceptors (Lipinski definition) is 2. The van der Waals surface area contributed by atoms with E-state index in [2.05, 4.69) is 48.0 Å². The van der Waals surface area contributed by atoms with E-state index >= 15 is 0 Å². The average Bonchev–Trinajstić information content (AvgIpc) is 2.81. The van der Waals surface area contributed by atoms with Crippen LogP contribution in [0.5, 0.6) is 0 Å². The molecule has 21 heavy (non-hydrogen) atoms. The molecule has 1 aliphatic rings. The molecular weight excluding hydrogens is 258 g/mol. The fraction of sp³-hybridized carbons (Fsp3) is 0.556. The van der Waals surface area contributed by atoms with Gasteiger partial charge in [-0.25, -0.2) is 0 Å². The Hall–Kier alpha value is -1.32. The largest absolute Gasteiger partial charge is 0.358 e. The van der Waals surface area contributed by atoms with Crippen LogP contribution in [0.3, 0.4) is 0 Å². The van der Waals surface area contributed by atoms with E-state index in [1.165, 1.54) is 47.8 Å². The van der Waals surface area contributed by atoms with Crippen molar-refractivity contribution in [1.29, 1.82) is 0 Å². The van der Waals surface area contributed by atoms with Crippen LogP contribution in [0.2, 0.25) is 0 Å². The smallest absolute Gasteiger partial charge is 0.0459 e. The SMILES string of the molecule is CCN(Cc1c(C)[nH]c2ccccc12)C1CCC(N)CC1. The van der Waals surface area contributed by atoms with Crippen molar-refractivity contribution in [2.75, 3.05) is 6.54 Å². The van der Waals surface area contributed by atoms with E-state index in [1.807, 2.05) is 0 Å². The monoisotopic (exact) mass is 285 g/mol. The van der Waals surface area contributed by atoms with Crippen LogP contribution >= 0.6 is 0 Å². The van der Waals surface area contributed by atoms with Crippen molar-refractivity contribution in [1.82, 2.24) is 9.88 Å². The highest BCUT2D eigenvalue weighted by Gasteiger charge is 2.24. The van der Waals surface area contributed by atoms with Crippen molar-refractivity contribution in [3.05, 3.63) is 35.5 Å². The lowest BCUT2D eigenvalue weighted by molar-refractivity contribution is 0.149. The van der Waals surface area contributed by atoms with Crippen LogP contribution in [0.25, 0.3) is 10.9 Å². The van der Waals surface area contributed by atoms with E-state index < -0.39 is 0 Å². The number of nitrogens with zero attached hydrogens (tertiary/aromatic N) is 1. The zero-order chi connectivity index (χ0) is 14.8. The summed E-state index contributed by atoms with van der Waals surface area (Å²) in [5, 5.41) is 1.38. The molecule has 3 heteroatoms. The van der Waals surface area contributed by atoms with Crippen LogP contribution in [0.4, 0.5) is 0 Å². The molecule has 2 aromatic rings. The summed E-state index contributed by atoms with van der Waals surface area (Å²) in [5.41, 5.74) is 10.1. The molecule has 0 saturated heterocycles. The topological polar surface area (TPSA) is 45.0 Å². The molecule has 1 aromatic carbocycles. The predicted molar refractivity (Wildman–Crippen MR) is 89.4 cm³/mol. The van der Waals surface area contributed by atoms with Gasteiger partial charge in [-0.15, -0.1) is 0 Å². The van der Waals surface area contributed by atoms with Crippen molar-refractivity contribution in [3.8, 4) is 0 Å². The Morgan fingerprint density at radius 3 is 2.62 bits per heavy atom. The Labute approximate surface area is 127 Å². The van der Waals surface area contributed by atoms with Gasteiger partial charge in [0.25, 0.3) is 0 Å². The highest BCUT2D eigenvalue weighted by atomic mass is 15.1. The molecule has 114 valence electrons. The van der Waals surface area contributed by atoms with Gasteiger partial charge in [-0.2, -0.15) is 0 Å². The molecular formula is C18H27N3. The van der Waals surface area contributed by atoms with E-state index in [9.17, 15) is 0 Å². The number of H-pyrrole nitrogens is 1. The molecule has 1 fully saturated rings. The average molecular weight is 285 g/mol. The summed E-state index contributed by atoms with van der Waals surface area (Å²) in [4.78, 5) is 6.15. The van der Waals surface area contributed by atoms with E-state index in [-0.39, 0.29) is 0 Å². The van der Waals surface area contributed by atoms with Crippen LogP contribution < -0.4 is 5.73 Å². The molecule has 3 rings (SSSR count). The van der Waals surface area contributed by atoms with Gasteiger partial charge in [0.2, 0.25) is 0 Å². The third-order valence-corrected chi connectivity index (χ3v) is 5.05. The summed E-state index contributed by atoms with van der Waals surface area (Å²) in [6.45, 7) is 6.63. The van der Waals surface area contributed by atoms with Crippen LogP contribution in [0.15, 0.2) is 24.3 Å². The number of aromatic nitrogens is 1. The van der Waals surface area contributed by atoms with E-state index in [0.717, 1.165) is 13.1 Å². The quantitative estimate of drug-likeness (QED) is 0.902. The minimum absolute atomic E-state index is 0.426. The summed E-state index contributed by atoms with van der Waals surface area (Å²) in [6, 6.07) is 9.76. The Bertz CT molecular complexity index is 594. The van der Waals surface area contributed by atoms with Crippen LogP contribution in [0.1, 0.15) is 43.9 Å². The molecule has 3 N–H and O–H groups in total. The number of para-hydroxylation sites is 1. The number of nitrogens with two attached hydrogens (primary N) is 1. The Morgan fingerprint density at radius 2 is 1.90 bits per heavy atom. The molecule has 0 bridgehead atoms. The summed E-state index contributed by atoms with van der Waals surface area (Å²) in [7, 11) is 0. The Morgan fingerprint density at radius 1 is 1.19 bits per heavy atom. The van der Waals surface area contributed by atoms with Crippen molar-refractivity contribution < 1.29 is 0 Å². The maximum absolute atomic E-state index is 6.05. The first-order valence-corrected chi connectivity index (χ1v) is 8.24. The van der Waals surface area contributed by atoms with Gasteiger partial charge < -0.3 is 10.7 Å². The van der Waals surface area contributed by atoms with Crippen LogP contribution in [0, 0.1) is 6.92 Å². The minimum atomic E-state index is 0.426. The maximum atomic E-state index is 6.05. The van der Waals surface area contributed by atoms with Gasteiger partial charge in [0.15, 0.2) is 0 Å². The second kappa shape index (κ2) is 6.20. The van der Waals surface area contributed by atoms with Crippen molar-refractivity contribution in [2.45, 2.75) is 58.2 Å². The van der Waals surface area contributed by atoms with Gasteiger partial charge in [0, 0.05) is 35.2 Å². The molecule has 0 spiro atoms. The third-order valence-electron chi connectivity index (χ3n) is 5.05. The Kier molecular flexibility index (Phi) is 4.32. The van der Waals surface area contributed by atoms with E-state index in [0.29, 0.717) is 12.1 Å². The Balaban J connectivity index is 1.81. The summed E-state index contributed by atoms with van der Waals surface area (Å²) in [5.74, 6) is 0. The lowest BCUT2D eigenvalue weighted by Gasteiger charge is -2.35. The first kappa shape index (κ1) is 14.6. The highest BCUT2D eigenvalue weighted by molar-refractivity contribution is 5.84. The van der Waals surface area contributed by atoms with Gasteiger partial charge in [-0.3, -0.25) is 4.90 Å². The van der Waals surface area contributed by atoms with Crippen LogP contribution in [-0.2, 0) is 6.54 Å². The van der Waals surface area contributed by atoms with E-state index in [4.69, 9.17) is 5.73 Å². The molecule has 3 nitrogen and oxygen atoms in total. The number of hydrogen-bond donors (Lipinski definition) is 2. The number of rotatable bonds is 4. The van der Waals surface area contributed by atoms with Gasteiger partial charge in [0.1, 0.15) is 0 Å². The molecule has 1 aromatic heterocycles. The number of aromatic amines is 1.